The number of nitrogen functional groups attached to an aromatic ring is 1. The number of anilines is 2. The Morgan fingerprint density at radius 3 is 2.76 bits per heavy atom. The van der Waals surface area contributed by atoms with Crippen LogP contribution in [0, 0.1) is 0 Å². The maximum Gasteiger partial charge on any atom is 0.196 e. The van der Waals surface area contributed by atoms with Gasteiger partial charge in [0.25, 0.3) is 0 Å². The Balaban J connectivity index is 1.55. The van der Waals surface area contributed by atoms with E-state index >= 15 is 0 Å². The SMILES string of the molecule is CC(C)(C)Nc1cnc2sc3cc(-c4nc5ccc(N)c(C=[NH2+])c5c5c4CCC5)ccc3n12. The van der Waals surface area contributed by atoms with Crippen LogP contribution in [0.3, 0.4) is 0 Å². The Bertz CT molecular complexity index is 1580. The third-order valence-corrected chi connectivity index (χ3v) is 7.39. The highest BCUT2D eigenvalue weighted by Gasteiger charge is 2.24. The van der Waals surface area contributed by atoms with Crippen LogP contribution in [0.4, 0.5) is 11.5 Å². The molecule has 7 heteroatoms. The van der Waals surface area contributed by atoms with Crippen molar-refractivity contribution >= 4 is 55.1 Å². The molecule has 3 aromatic heterocycles. The molecule has 0 bridgehead atoms. The van der Waals surface area contributed by atoms with Crippen molar-refractivity contribution in [2.45, 2.75) is 45.6 Å². The summed E-state index contributed by atoms with van der Waals surface area (Å²) in [6, 6.07) is 10.6. The van der Waals surface area contributed by atoms with Crippen molar-refractivity contribution in [1.29, 1.82) is 0 Å². The Hall–Kier alpha value is -3.45. The Morgan fingerprint density at radius 2 is 1.97 bits per heavy atom. The summed E-state index contributed by atoms with van der Waals surface area (Å²) in [4.78, 5) is 10.8. The van der Waals surface area contributed by atoms with Crippen LogP contribution in [0.15, 0.2) is 36.5 Å². The third-order valence-electron chi connectivity index (χ3n) is 6.37. The third kappa shape index (κ3) is 3.10. The zero-order valence-electron chi connectivity index (χ0n) is 19.1. The predicted octanol–water partition coefficient (Wildman–Crippen LogP) is 4.22. The lowest BCUT2D eigenvalue weighted by atomic mass is 9.95. The van der Waals surface area contributed by atoms with Crippen molar-refractivity contribution in [3.63, 3.8) is 0 Å². The number of hydrogen-bond acceptors (Lipinski definition) is 5. The number of benzene rings is 2. The van der Waals surface area contributed by atoms with E-state index in [1.54, 1.807) is 17.6 Å². The second-order valence-electron chi connectivity index (χ2n) is 9.82. The number of nitrogens with one attached hydrogen (secondary N) is 1. The Labute approximate surface area is 196 Å². The Kier molecular flexibility index (Phi) is 4.29. The minimum absolute atomic E-state index is 0.0388. The summed E-state index contributed by atoms with van der Waals surface area (Å²) in [5.41, 5.74) is 14.8. The second kappa shape index (κ2) is 7.02. The fraction of sp³-hybridized carbons (Fsp3) is 0.269. The Morgan fingerprint density at radius 1 is 1.15 bits per heavy atom. The van der Waals surface area contributed by atoms with Gasteiger partial charge in [-0.05, 0) is 75.4 Å². The number of nitrogens with zero attached hydrogens (tertiary/aromatic N) is 3. The molecule has 0 spiro atoms. The number of hydrogen-bond donors (Lipinski definition) is 3. The first kappa shape index (κ1) is 20.2. The number of nitrogens with two attached hydrogens (primary N) is 2. The molecule has 5 N–H and O–H groups in total. The summed E-state index contributed by atoms with van der Waals surface area (Å²) < 4.78 is 3.41. The van der Waals surface area contributed by atoms with Crippen LogP contribution in [-0.4, -0.2) is 26.1 Å². The number of aromatic nitrogens is 3. The zero-order valence-corrected chi connectivity index (χ0v) is 19.9. The average Bonchev–Trinajstić information content (AvgIpc) is 3.48. The van der Waals surface area contributed by atoms with Crippen molar-refractivity contribution in [2.24, 2.45) is 0 Å². The van der Waals surface area contributed by atoms with E-state index in [1.807, 2.05) is 18.3 Å². The zero-order chi connectivity index (χ0) is 22.9. The van der Waals surface area contributed by atoms with E-state index < -0.39 is 0 Å². The quantitative estimate of drug-likeness (QED) is 0.280. The van der Waals surface area contributed by atoms with Gasteiger partial charge in [-0.25, -0.2) is 9.97 Å². The first-order valence-electron chi connectivity index (χ1n) is 11.3. The maximum atomic E-state index is 6.23. The lowest BCUT2D eigenvalue weighted by Gasteiger charge is -2.21. The highest BCUT2D eigenvalue weighted by atomic mass is 32.1. The molecule has 3 heterocycles. The number of rotatable bonds is 3. The standard InChI is InChI=1S/C26H26N6S/c1-26(2,3)31-22-13-29-25-32(22)20-10-7-14(11-21(20)33-25)24-16-6-4-5-15(16)23-17(12-27)18(28)8-9-19(23)30-24/h7-13,27,31H,4-6,28H2,1-3H3/p+1. The molecule has 0 amide bonds. The molecule has 0 aliphatic heterocycles. The van der Waals surface area contributed by atoms with Gasteiger partial charge in [-0.15, -0.1) is 0 Å². The highest BCUT2D eigenvalue weighted by molar-refractivity contribution is 7.23. The maximum absolute atomic E-state index is 6.23. The molecule has 0 saturated heterocycles. The summed E-state index contributed by atoms with van der Waals surface area (Å²) in [5, 5.41) is 10.6. The normalized spacial score (nSPS) is 13.8. The van der Waals surface area contributed by atoms with Crippen LogP contribution in [0.2, 0.25) is 0 Å². The van der Waals surface area contributed by atoms with Crippen LogP contribution in [-0.2, 0) is 12.8 Å². The van der Waals surface area contributed by atoms with Gasteiger partial charge in [0.1, 0.15) is 5.82 Å². The molecule has 1 aliphatic rings. The molecule has 0 atom stereocenters. The molecule has 0 unspecified atom stereocenters. The molecule has 33 heavy (non-hydrogen) atoms. The first-order valence-corrected chi connectivity index (χ1v) is 12.1. The topological polar surface area (TPSA) is 93.8 Å². The summed E-state index contributed by atoms with van der Waals surface area (Å²) in [7, 11) is 0. The molecule has 2 aromatic carbocycles. The molecule has 166 valence electrons. The van der Waals surface area contributed by atoms with Crippen molar-refractivity contribution in [3.8, 4) is 11.3 Å². The van der Waals surface area contributed by atoms with Crippen LogP contribution in [0.5, 0.6) is 0 Å². The molecule has 0 radical (unpaired) electrons. The average molecular weight is 456 g/mol. The van der Waals surface area contributed by atoms with Gasteiger partial charge in [-0.2, -0.15) is 0 Å². The van der Waals surface area contributed by atoms with E-state index in [-0.39, 0.29) is 5.54 Å². The van der Waals surface area contributed by atoms with Gasteiger partial charge in [0.05, 0.1) is 33.2 Å². The van der Waals surface area contributed by atoms with Crippen LogP contribution in [0.25, 0.3) is 37.3 Å². The smallest absolute Gasteiger partial charge is 0.196 e. The molecule has 0 saturated carbocycles. The number of fused-ring (bicyclic) bond motifs is 6. The summed E-state index contributed by atoms with van der Waals surface area (Å²) in [6.45, 7) is 6.48. The predicted molar refractivity (Wildman–Crippen MR) is 138 cm³/mol. The van der Waals surface area contributed by atoms with E-state index in [0.29, 0.717) is 5.69 Å². The number of aryl methyl sites for hydroxylation is 1. The number of imidazole rings is 1. The minimum Gasteiger partial charge on any atom is -0.398 e. The van der Waals surface area contributed by atoms with Crippen molar-refractivity contribution in [1.82, 2.24) is 14.4 Å². The van der Waals surface area contributed by atoms with E-state index in [2.05, 4.69) is 53.7 Å². The molecule has 5 aromatic rings. The summed E-state index contributed by atoms with van der Waals surface area (Å²) >= 11 is 1.71. The van der Waals surface area contributed by atoms with Gasteiger partial charge >= 0.3 is 0 Å². The summed E-state index contributed by atoms with van der Waals surface area (Å²) in [6.07, 6.45) is 6.72. The van der Waals surface area contributed by atoms with Crippen LogP contribution in [0.1, 0.15) is 43.9 Å². The molecule has 6 nitrogen and oxygen atoms in total. The van der Waals surface area contributed by atoms with E-state index in [1.165, 1.54) is 15.8 Å². The van der Waals surface area contributed by atoms with E-state index in [4.69, 9.17) is 16.1 Å². The van der Waals surface area contributed by atoms with Crippen molar-refractivity contribution < 1.29 is 5.41 Å². The van der Waals surface area contributed by atoms with Crippen molar-refractivity contribution in [3.05, 3.63) is 53.2 Å². The van der Waals surface area contributed by atoms with E-state index in [9.17, 15) is 0 Å². The van der Waals surface area contributed by atoms with Crippen LogP contribution >= 0.6 is 11.3 Å². The molecule has 1 aliphatic carbocycles. The lowest BCUT2D eigenvalue weighted by molar-refractivity contribution is -0.104. The number of pyridine rings is 1. The van der Waals surface area contributed by atoms with Gasteiger partial charge in [0.15, 0.2) is 11.2 Å². The molecular formula is C26H27N6S+. The second-order valence-corrected chi connectivity index (χ2v) is 10.8. The van der Waals surface area contributed by atoms with Crippen LogP contribution < -0.4 is 16.5 Å². The van der Waals surface area contributed by atoms with Gasteiger partial charge in [-0.3, -0.25) is 9.81 Å². The minimum atomic E-state index is -0.0388. The largest absolute Gasteiger partial charge is 0.398 e. The van der Waals surface area contributed by atoms with Crippen molar-refractivity contribution in [2.75, 3.05) is 11.1 Å². The molecule has 6 rings (SSSR count). The van der Waals surface area contributed by atoms with Gasteiger partial charge in [-0.1, -0.05) is 17.4 Å². The van der Waals surface area contributed by atoms with E-state index in [0.717, 1.165) is 63.3 Å². The molecule has 0 fully saturated rings. The lowest BCUT2D eigenvalue weighted by Crippen LogP contribution is -2.30. The number of thiazole rings is 1. The molecular weight excluding hydrogens is 428 g/mol. The fourth-order valence-corrected chi connectivity index (χ4v) is 6.10. The highest BCUT2D eigenvalue weighted by Crippen LogP contribution is 2.40. The fourth-order valence-electron chi connectivity index (χ4n) is 5.06. The van der Waals surface area contributed by atoms with Gasteiger partial charge in [0.2, 0.25) is 0 Å². The van der Waals surface area contributed by atoms with Gasteiger partial charge < -0.3 is 11.1 Å². The monoisotopic (exact) mass is 455 g/mol. The summed E-state index contributed by atoms with van der Waals surface area (Å²) in [5.74, 6) is 1.02. The van der Waals surface area contributed by atoms with Gasteiger partial charge in [0, 0.05) is 22.2 Å². The first-order chi connectivity index (χ1) is 15.8.